The number of nitrogens with zero attached hydrogens (tertiary/aromatic N) is 2. The van der Waals surface area contributed by atoms with Crippen LogP contribution in [0, 0.1) is 12.8 Å². The van der Waals surface area contributed by atoms with Gasteiger partial charge in [-0.25, -0.2) is 8.42 Å². The highest BCUT2D eigenvalue weighted by atomic mass is 79.9. The van der Waals surface area contributed by atoms with Crippen molar-refractivity contribution in [2.75, 3.05) is 17.4 Å². The summed E-state index contributed by atoms with van der Waals surface area (Å²) in [5.74, 6) is -0.574. The van der Waals surface area contributed by atoms with Crippen molar-refractivity contribution in [1.82, 2.24) is 10.2 Å². The zero-order valence-corrected chi connectivity index (χ0v) is 27.6. The summed E-state index contributed by atoms with van der Waals surface area (Å²) < 4.78 is 29.9. The van der Waals surface area contributed by atoms with E-state index in [9.17, 15) is 18.0 Å². The summed E-state index contributed by atoms with van der Waals surface area (Å²) in [6, 6.07) is 31.3. The van der Waals surface area contributed by atoms with E-state index in [4.69, 9.17) is 0 Å². The lowest BCUT2D eigenvalue weighted by molar-refractivity contribution is -0.140. The minimum Gasteiger partial charge on any atom is -0.354 e. The van der Waals surface area contributed by atoms with Crippen molar-refractivity contribution >= 4 is 43.5 Å². The maximum absolute atomic E-state index is 14.5. The lowest BCUT2D eigenvalue weighted by atomic mass is 10.0. The molecule has 0 fully saturated rings. The van der Waals surface area contributed by atoms with E-state index in [1.807, 2.05) is 75.4 Å². The minimum atomic E-state index is -4.14. The van der Waals surface area contributed by atoms with E-state index in [-0.39, 0.29) is 29.7 Å². The second kappa shape index (κ2) is 15.2. The van der Waals surface area contributed by atoms with E-state index in [0.29, 0.717) is 16.7 Å². The van der Waals surface area contributed by atoms with Gasteiger partial charge in [0, 0.05) is 24.0 Å². The lowest BCUT2D eigenvalue weighted by Crippen LogP contribution is -2.53. The standard InChI is InChI=1S/C35H38BrN3O4S/c1-26(2)23-37-35(41)33(21-28-13-6-4-7-14-28)38(24-29-15-10-12-27(3)20-29)34(40)25-39(31-17-11-16-30(36)22-31)44(42,43)32-18-8-5-9-19-32/h4-20,22,26,33H,21,23-25H2,1-3H3,(H,37,41). The summed E-state index contributed by atoms with van der Waals surface area (Å²) in [6.07, 6.45) is 0.268. The van der Waals surface area contributed by atoms with Crippen LogP contribution in [0.3, 0.4) is 0 Å². The predicted octanol–water partition coefficient (Wildman–Crippen LogP) is 6.37. The number of rotatable bonds is 13. The Balaban J connectivity index is 1.79. The van der Waals surface area contributed by atoms with Crippen LogP contribution in [-0.4, -0.2) is 44.3 Å². The molecule has 230 valence electrons. The molecule has 0 heterocycles. The van der Waals surface area contributed by atoms with E-state index in [0.717, 1.165) is 21.0 Å². The van der Waals surface area contributed by atoms with Crippen LogP contribution in [-0.2, 0) is 32.6 Å². The van der Waals surface area contributed by atoms with E-state index < -0.39 is 28.5 Å². The Morgan fingerprint density at radius 1 is 0.818 bits per heavy atom. The number of sulfonamides is 1. The fraction of sp³-hybridized carbons (Fsp3) is 0.257. The minimum absolute atomic E-state index is 0.0634. The normalized spacial score (nSPS) is 12.0. The number of hydrogen-bond acceptors (Lipinski definition) is 4. The highest BCUT2D eigenvalue weighted by molar-refractivity contribution is 9.10. The van der Waals surface area contributed by atoms with E-state index in [1.165, 1.54) is 17.0 Å². The molecule has 0 saturated carbocycles. The van der Waals surface area contributed by atoms with Gasteiger partial charge >= 0.3 is 0 Å². The number of aryl methyl sites for hydroxylation is 1. The SMILES string of the molecule is Cc1cccc(CN(C(=O)CN(c2cccc(Br)c2)S(=O)(=O)c2ccccc2)C(Cc2ccccc2)C(=O)NCC(C)C)c1. The Kier molecular flexibility index (Phi) is 11.4. The third kappa shape index (κ3) is 8.80. The van der Waals surface area contributed by atoms with Gasteiger partial charge in [-0.2, -0.15) is 0 Å². The Bertz CT molecular complexity index is 1660. The van der Waals surface area contributed by atoms with Gasteiger partial charge in [0.05, 0.1) is 10.6 Å². The monoisotopic (exact) mass is 675 g/mol. The fourth-order valence-electron chi connectivity index (χ4n) is 4.86. The molecule has 4 aromatic carbocycles. The molecule has 9 heteroatoms. The Morgan fingerprint density at radius 3 is 2.09 bits per heavy atom. The van der Waals surface area contributed by atoms with Crippen LogP contribution in [0.25, 0.3) is 0 Å². The van der Waals surface area contributed by atoms with Crippen LogP contribution in [0.1, 0.15) is 30.5 Å². The quantitative estimate of drug-likeness (QED) is 0.179. The smallest absolute Gasteiger partial charge is 0.264 e. The highest BCUT2D eigenvalue weighted by Gasteiger charge is 2.34. The number of halogens is 1. The third-order valence-electron chi connectivity index (χ3n) is 7.10. The summed E-state index contributed by atoms with van der Waals surface area (Å²) in [5.41, 5.74) is 3.07. The fourth-order valence-corrected chi connectivity index (χ4v) is 6.68. The predicted molar refractivity (Wildman–Crippen MR) is 179 cm³/mol. The molecule has 0 saturated heterocycles. The topological polar surface area (TPSA) is 86.8 Å². The molecule has 4 rings (SSSR count). The number of hydrogen-bond donors (Lipinski definition) is 1. The molecule has 7 nitrogen and oxygen atoms in total. The average Bonchev–Trinajstić information content (AvgIpc) is 3.01. The molecule has 0 spiro atoms. The molecule has 0 aliphatic carbocycles. The summed E-state index contributed by atoms with van der Waals surface area (Å²) in [6.45, 7) is 6.06. The number of anilines is 1. The van der Waals surface area contributed by atoms with Crippen LogP contribution in [0.15, 0.2) is 119 Å². The average molecular weight is 677 g/mol. The van der Waals surface area contributed by atoms with E-state index in [1.54, 1.807) is 42.5 Å². The van der Waals surface area contributed by atoms with Gasteiger partial charge in [-0.3, -0.25) is 13.9 Å². The van der Waals surface area contributed by atoms with Crippen molar-refractivity contribution in [2.45, 2.75) is 44.7 Å². The van der Waals surface area contributed by atoms with E-state index >= 15 is 0 Å². The number of carbonyl (C=O) groups is 2. The Labute approximate surface area is 269 Å². The Morgan fingerprint density at radius 2 is 1.45 bits per heavy atom. The van der Waals surface area contributed by atoms with Gasteiger partial charge in [-0.05, 0) is 54.3 Å². The van der Waals surface area contributed by atoms with Crippen LogP contribution < -0.4 is 9.62 Å². The van der Waals surface area contributed by atoms with Crippen LogP contribution in [0.2, 0.25) is 0 Å². The molecule has 0 aliphatic rings. The zero-order valence-electron chi connectivity index (χ0n) is 25.2. The summed E-state index contributed by atoms with van der Waals surface area (Å²) >= 11 is 3.44. The van der Waals surface area contributed by atoms with Crippen LogP contribution >= 0.6 is 15.9 Å². The molecule has 4 aromatic rings. The van der Waals surface area contributed by atoms with Gasteiger partial charge in [-0.1, -0.05) is 114 Å². The first-order chi connectivity index (χ1) is 21.0. The first-order valence-electron chi connectivity index (χ1n) is 14.5. The number of amides is 2. The molecule has 1 N–H and O–H groups in total. The van der Waals surface area contributed by atoms with E-state index in [2.05, 4.69) is 21.2 Å². The largest absolute Gasteiger partial charge is 0.354 e. The first-order valence-corrected chi connectivity index (χ1v) is 16.8. The molecule has 44 heavy (non-hydrogen) atoms. The van der Waals surface area contributed by atoms with Gasteiger partial charge in [0.15, 0.2) is 0 Å². The summed E-state index contributed by atoms with van der Waals surface area (Å²) in [4.78, 5) is 29.9. The molecule has 0 bridgehead atoms. The van der Waals surface area contributed by atoms with Gasteiger partial charge in [-0.15, -0.1) is 0 Å². The van der Waals surface area contributed by atoms with Crippen LogP contribution in [0.5, 0.6) is 0 Å². The molecular formula is C35H38BrN3O4S. The number of carbonyl (C=O) groups excluding carboxylic acids is 2. The highest BCUT2D eigenvalue weighted by Crippen LogP contribution is 2.27. The van der Waals surface area contributed by atoms with Crippen molar-refractivity contribution in [3.05, 3.63) is 130 Å². The molecule has 0 aliphatic heterocycles. The second-order valence-corrected chi connectivity index (χ2v) is 13.9. The summed E-state index contributed by atoms with van der Waals surface area (Å²) in [5, 5.41) is 3.01. The van der Waals surface area contributed by atoms with Gasteiger partial charge in [0.25, 0.3) is 10.0 Å². The third-order valence-corrected chi connectivity index (χ3v) is 9.38. The molecule has 1 unspecified atom stereocenters. The number of benzene rings is 4. The molecule has 0 aromatic heterocycles. The lowest BCUT2D eigenvalue weighted by Gasteiger charge is -2.34. The Hall–Kier alpha value is -3.95. The maximum atomic E-state index is 14.5. The van der Waals surface area contributed by atoms with Gasteiger partial charge < -0.3 is 10.2 Å². The number of nitrogens with one attached hydrogen (secondary N) is 1. The van der Waals surface area contributed by atoms with Gasteiger partial charge in [0.1, 0.15) is 12.6 Å². The first kappa shape index (κ1) is 33.0. The summed E-state index contributed by atoms with van der Waals surface area (Å²) in [7, 11) is -4.14. The van der Waals surface area contributed by atoms with Crippen molar-refractivity contribution in [3.63, 3.8) is 0 Å². The zero-order chi connectivity index (χ0) is 31.7. The maximum Gasteiger partial charge on any atom is 0.264 e. The second-order valence-electron chi connectivity index (χ2n) is 11.2. The van der Waals surface area contributed by atoms with Crippen molar-refractivity contribution < 1.29 is 18.0 Å². The molecule has 1 atom stereocenters. The molecular weight excluding hydrogens is 638 g/mol. The van der Waals surface area contributed by atoms with Crippen molar-refractivity contribution in [2.24, 2.45) is 5.92 Å². The van der Waals surface area contributed by atoms with Gasteiger partial charge in [0.2, 0.25) is 11.8 Å². The van der Waals surface area contributed by atoms with Crippen molar-refractivity contribution in [3.8, 4) is 0 Å². The van der Waals surface area contributed by atoms with Crippen molar-refractivity contribution in [1.29, 1.82) is 0 Å². The molecule has 0 radical (unpaired) electrons. The van der Waals surface area contributed by atoms with Crippen LogP contribution in [0.4, 0.5) is 5.69 Å². The molecule has 2 amide bonds.